The van der Waals surface area contributed by atoms with Crippen molar-refractivity contribution in [1.82, 2.24) is 20.8 Å². The fourth-order valence-electron chi connectivity index (χ4n) is 2.81. The molecule has 0 atom stereocenters. The fourth-order valence-corrected chi connectivity index (χ4v) is 3.74. The van der Waals surface area contributed by atoms with Gasteiger partial charge < -0.3 is 15.4 Å². The first-order chi connectivity index (χ1) is 14.9. The minimum Gasteiger partial charge on any atom is -0.457 e. The van der Waals surface area contributed by atoms with E-state index in [0.717, 1.165) is 10.4 Å². The van der Waals surface area contributed by atoms with Crippen molar-refractivity contribution in [2.45, 2.75) is 19.8 Å². The number of para-hydroxylation sites is 1. The molecule has 10 heteroatoms. The summed E-state index contributed by atoms with van der Waals surface area (Å²) in [4.78, 5) is 48.6. The van der Waals surface area contributed by atoms with Crippen molar-refractivity contribution in [2.24, 2.45) is 0 Å². The number of fused-ring (bicyclic) bond motifs is 1. The second-order valence-electron chi connectivity index (χ2n) is 6.71. The Balaban J connectivity index is 1.38. The Morgan fingerprint density at radius 1 is 1.06 bits per heavy atom. The molecule has 2 amide bonds. The predicted molar refractivity (Wildman–Crippen MR) is 115 cm³/mol. The number of nitrogens with zero attached hydrogens (tertiary/aromatic N) is 1. The van der Waals surface area contributed by atoms with Gasteiger partial charge in [0.15, 0.2) is 12.3 Å². The van der Waals surface area contributed by atoms with E-state index < -0.39 is 11.9 Å². The third-order valence-electron chi connectivity index (χ3n) is 4.35. The van der Waals surface area contributed by atoms with Crippen molar-refractivity contribution in [1.29, 1.82) is 0 Å². The number of rotatable bonds is 10. The molecule has 0 unspecified atom stereocenters. The van der Waals surface area contributed by atoms with Crippen molar-refractivity contribution < 1.29 is 23.9 Å². The summed E-state index contributed by atoms with van der Waals surface area (Å²) in [5.74, 6) is -1.38. The smallest absolute Gasteiger partial charge is 0.308 e. The van der Waals surface area contributed by atoms with E-state index in [1.807, 2.05) is 24.3 Å². The number of hydrogen-bond acceptors (Lipinski definition) is 7. The Morgan fingerprint density at radius 3 is 2.68 bits per heavy atom. The van der Waals surface area contributed by atoms with Crippen LogP contribution in [0.15, 0.2) is 36.4 Å². The molecule has 162 valence electrons. The van der Waals surface area contributed by atoms with Crippen LogP contribution in [0.5, 0.6) is 0 Å². The zero-order chi connectivity index (χ0) is 22.2. The molecular formula is C21H22N4O5S. The minimum absolute atomic E-state index is 0.0617. The summed E-state index contributed by atoms with van der Waals surface area (Å²) in [6, 6.07) is 10.7. The number of carbonyl (C=O) groups excluding carboxylic acids is 4. The summed E-state index contributed by atoms with van der Waals surface area (Å²) in [5.41, 5.74) is 1.00. The Morgan fingerprint density at radius 2 is 1.87 bits per heavy atom. The molecule has 3 aromatic rings. The van der Waals surface area contributed by atoms with Gasteiger partial charge in [-0.2, -0.15) is 5.10 Å². The lowest BCUT2D eigenvalue weighted by atomic mass is 10.2. The number of ketones is 1. The second kappa shape index (κ2) is 10.5. The molecule has 0 aliphatic heterocycles. The van der Waals surface area contributed by atoms with Gasteiger partial charge in [-0.3, -0.25) is 24.3 Å². The Kier molecular flexibility index (Phi) is 7.50. The highest BCUT2D eigenvalue weighted by molar-refractivity contribution is 7.14. The number of hydrogen-bond donors (Lipinski definition) is 3. The summed E-state index contributed by atoms with van der Waals surface area (Å²) < 4.78 is 5.01. The highest BCUT2D eigenvalue weighted by Crippen LogP contribution is 2.18. The lowest BCUT2D eigenvalue weighted by Gasteiger charge is -2.05. The molecule has 0 aliphatic rings. The second-order valence-corrected chi connectivity index (χ2v) is 7.87. The van der Waals surface area contributed by atoms with E-state index in [1.165, 1.54) is 18.3 Å². The van der Waals surface area contributed by atoms with Crippen molar-refractivity contribution in [2.75, 3.05) is 19.7 Å². The van der Waals surface area contributed by atoms with Gasteiger partial charge in [-0.05, 0) is 24.6 Å². The summed E-state index contributed by atoms with van der Waals surface area (Å²) >= 11 is 1.31. The molecule has 0 radical (unpaired) electrons. The van der Waals surface area contributed by atoms with E-state index in [2.05, 4.69) is 20.8 Å². The number of nitrogens with one attached hydrogen (secondary N) is 3. The normalized spacial score (nSPS) is 10.6. The first-order valence-corrected chi connectivity index (χ1v) is 10.5. The molecule has 2 aromatic heterocycles. The van der Waals surface area contributed by atoms with E-state index in [9.17, 15) is 19.2 Å². The zero-order valence-electron chi connectivity index (χ0n) is 16.9. The van der Waals surface area contributed by atoms with Gasteiger partial charge >= 0.3 is 5.97 Å². The van der Waals surface area contributed by atoms with Crippen molar-refractivity contribution >= 4 is 45.8 Å². The van der Waals surface area contributed by atoms with Gasteiger partial charge in [-0.25, -0.2) is 0 Å². The predicted octanol–water partition coefficient (Wildman–Crippen LogP) is 1.85. The number of H-pyrrole nitrogens is 1. The lowest BCUT2D eigenvalue weighted by molar-refractivity contribution is -0.142. The largest absolute Gasteiger partial charge is 0.457 e. The van der Waals surface area contributed by atoms with Crippen molar-refractivity contribution in [3.63, 3.8) is 0 Å². The molecule has 31 heavy (non-hydrogen) atoms. The molecule has 3 rings (SSSR count). The van der Waals surface area contributed by atoms with Crippen LogP contribution in [0.25, 0.3) is 10.9 Å². The third-order valence-corrected chi connectivity index (χ3v) is 5.53. The van der Waals surface area contributed by atoms with E-state index in [0.29, 0.717) is 23.2 Å². The number of aromatic amines is 1. The summed E-state index contributed by atoms with van der Waals surface area (Å²) in [6.07, 6.45) is 0.566. The molecule has 1 aromatic carbocycles. The minimum atomic E-state index is -0.581. The van der Waals surface area contributed by atoms with Crippen LogP contribution in [0, 0.1) is 0 Å². The summed E-state index contributed by atoms with van der Waals surface area (Å²) in [5, 5.41) is 12.8. The standard InChI is InChI=1S/C21H22N4O5S/c1-13(26)22-10-8-14-6-7-18(31-14)17(27)12-30-19(28)9-11-23-21(29)20-15-4-2-3-5-16(15)24-25-20/h2-7H,8-12H2,1H3,(H,22,26)(H,23,29)(H,24,25). The van der Waals surface area contributed by atoms with Crippen LogP contribution in [0.4, 0.5) is 0 Å². The first-order valence-electron chi connectivity index (χ1n) is 9.67. The van der Waals surface area contributed by atoms with Gasteiger partial charge in [-0.1, -0.05) is 18.2 Å². The van der Waals surface area contributed by atoms with Gasteiger partial charge in [0, 0.05) is 30.3 Å². The molecule has 2 heterocycles. The van der Waals surface area contributed by atoms with Crippen LogP contribution < -0.4 is 10.6 Å². The number of amides is 2. The first kappa shape index (κ1) is 22.2. The zero-order valence-corrected chi connectivity index (χ0v) is 17.7. The Labute approximate surface area is 182 Å². The van der Waals surface area contributed by atoms with Crippen LogP contribution in [0.3, 0.4) is 0 Å². The molecule has 0 saturated carbocycles. The molecule has 0 saturated heterocycles. The number of ether oxygens (including phenoxy) is 1. The molecule has 0 aliphatic carbocycles. The molecule has 0 fully saturated rings. The maximum Gasteiger partial charge on any atom is 0.308 e. The number of benzene rings is 1. The molecular weight excluding hydrogens is 420 g/mol. The van der Waals surface area contributed by atoms with E-state index >= 15 is 0 Å². The molecule has 9 nitrogen and oxygen atoms in total. The van der Waals surface area contributed by atoms with Gasteiger partial charge in [0.25, 0.3) is 5.91 Å². The topological polar surface area (TPSA) is 130 Å². The van der Waals surface area contributed by atoms with Crippen molar-refractivity contribution in [3.05, 3.63) is 51.8 Å². The maximum absolute atomic E-state index is 12.2. The van der Waals surface area contributed by atoms with Gasteiger partial charge in [0.05, 0.1) is 16.8 Å². The highest BCUT2D eigenvalue weighted by Gasteiger charge is 2.15. The fraction of sp³-hybridized carbons (Fsp3) is 0.286. The van der Waals surface area contributed by atoms with E-state index in [1.54, 1.807) is 12.1 Å². The Hall–Kier alpha value is -3.53. The van der Waals surface area contributed by atoms with Gasteiger partial charge in [0.1, 0.15) is 0 Å². The SMILES string of the molecule is CC(=O)NCCc1ccc(C(=O)COC(=O)CCNC(=O)c2n[nH]c3ccccc23)s1. The number of thiophene rings is 1. The molecule has 3 N–H and O–H groups in total. The lowest BCUT2D eigenvalue weighted by Crippen LogP contribution is -2.27. The van der Waals surface area contributed by atoms with E-state index in [-0.39, 0.29) is 37.0 Å². The van der Waals surface area contributed by atoms with Crippen LogP contribution in [-0.2, 0) is 20.7 Å². The average molecular weight is 442 g/mol. The number of esters is 1. The maximum atomic E-state index is 12.2. The van der Waals surface area contributed by atoms with E-state index in [4.69, 9.17) is 4.74 Å². The Bertz CT molecular complexity index is 1100. The monoisotopic (exact) mass is 442 g/mol. The van der Waals surface area contributed by atoms with Crippen LogP contribution in [0.1, 0.15) is 38.4 Å². The summed E-state index contributed by atoms with van der Waals surface area (Å²) in [7, 11) is 0. The number of carbonyl (C=O) groups is 4. The van der Waals surface area contributed by atoms with Gasteiger partial charge in [-0.15, -0.1) is 11.3 Å². The van der Waals surface area contributed by atoms with Crippen LogP contribution >= 0.6 is 11.3 Å². The highest BCUT2D eigenvalue weighted by atomic mass is 32.1. The van der Waals surface area contributed by atoms with Crippen LogP contribution in [-0.4, -0.2) is 53.5 Å². The average Bonchev–Trinajstić information content (AvgIpc) is 3.39. The molecule has 0 spiro atoms. The number of aromatic nitrogens is 2. The number of Topliss-reactive ketones (excluding diaryl/α,β-unsaturated/α-hetero) is 1. The molecule has 0 bridgehead atoms. The quantitative estimate of drug-likeness (QED) is 0.324. The summed E-state index contributed by atoms with van der Waals surface area (Å²) in [6.45, 7) is 1.66. The van der Waals surface area contributed by atoms with Crippen LogP contribution in [0.2, 0.25) is 0 Å². The third kappa shape index (κ3) is 6.22. The van der Waals surface area contributed by atoms with Crippen molar-refractivity contribution in [3.8, 4) is 0 Å². The van der Waals surface area contributed by atoms with Gasteiger partial charge in [0.2, 0.25) is 11.7 Å².